The molecule has 1 unspecified atom stereocenters. The third-order valence-electron chi connectivity index (χ3n) is 3.68. The monoisotopic (exact) mass is 211 g/mol. The predicted molar refractivity (Wildman–Crippen MR) is 68.2 cm³/mol. The van der Waals surface area contributed by atoms with Crippen molar-refractivity contribution >= 4 is 0 Å². The molecular formula is C14H29N. The van der Waals surface area contributed by atoms with Crippen LogP contribution in [0.2, 0.25) is 0 Å². The number of hydrogen-bond acceptors (Lipinski definition) is 1. The number of hydrogen-bond donors (Lipinski definition) is 1. The van der Waals surface area contributed by atoms with Crippen LogP contribution in [0.3, 0.4) is 0 Å². The van der Waals surface area contributed by atoms with Gasteiger partial charge in [-0.25, -0.2) is 0 Å². The van der Waals surface area contributed by atoms with Crippen molar-refractivity contribution in [2.75, 3.05) is 6.54 Å². The van der Waals surface area contributed by atoms with Crippen LogP contribution < -0.4 is 5.32 Å². The van der Waals surface area contributed by atoms with Gasteiger partial charge in [0.15, 0.2) is 0 Å². The molecule has 1 rings (SSSR count). The van der Waals surface area contributed by atoms with Crippen molar-refractivity contribution in [3.8, 4) is 0 Å². The first-order valence-electron chi connectivity index (χ1n) is 6.87. The molecule has 0 aliphatic heterocycles. The number of nitrogens with one attached hydrogen (secondary N) is 1. The molecule has 15 heavy (non-hydrogen) atoms. The van der Waals surface area contributed by atoms with Crippen LogP contribution in [-0.4, -0.2) is 12.6 Å². The zero-order chi connectivity index (χ0) is 11.1. The van der Waals surface area contributed by atoms with Crippen LogP contribution in [0.4, 0.5) is 0 Å². The molecule has 0 amide bonds. The van der Waals surface area contributed by atoms with Crippen molar-refractivity contribution in [2.45, 2.75) is 78.2 Å². The van der Waals surface area contributed by atoms with Gasteiger partial charge in [-0.1, -0.05) is 46.5 Å². The molecule has 1 N–H and O–H groups in total. The first kappa shape index (κ1) is 13.0. The number of rotatable bonds is 7. The second-order valence-electron chi connectivity index (χ2n) is 5.97. The van der Waals surface area contributed by atoms with E-state index in [-0.39, 0.29) is 0 Å². The van der Waals surface area contributed by atoms with Gasteiger partial charge in [-0.2, -0.15) is 0 Å². The standard InChI is InChI=1S/C14H29N/c1-4-5-6-7-8-11-15-13-9-10-14(2,3)12-13/h13,15H,4-12H2,1-3H3. The quantitative estimate of drug-likeness (QED) is 0.624. The lowest BCUT2D eigenvalue weighted by atomic mass is 9.92. The highest BCUT2D eigenvalue weighted by Crippen LogP contribution is 2.36. The molecule has 1 atom stereocenters. The minimum absolute atomic E-state index is 0.597. The molecule has 0 aromatic rings. The van der Waals surface area contributed by atoms with Crippen LogP contribution in [0.5, 0.6) is 0 Å². The molecule has 0 bridgehead atoms. The Bertz CT molecular complexity index is 163. The molecule has 1 fully saturated rings. The zero-order valence-corrected chi connectivity index (χ0v) is 10.9. The van der Waals surface area contributed by atoms with Crippen LogP contribution >= 0.6 is 0 Å². The van der Waals surface area contributed by atoms with E-state index in [0.29, 0.717) is 5.41 Å². The Morgan fingerprint density at radius 1 is 1.13 bits per heavy atom. The molecule has 1 nitrogen and oxygen atoms in total. The van der Waals surface area contributed by atoms with E-state index in [1.807, 2.05) is 0 Å². The number of unbranched alkanes of at least 4 members (excludes halogenated alkanes) is 4. The summed E-state index contributed by atoms with van der Waals surface area (Å²) in [7, 11) is 0. The fourth-order valence-corrected chi connectivity index (χ4v) is 2.65. The van der Waals surface area contributed by atoms with Gasteiger partial charge >= 0.3 is 0 Å². The average molecular weight is 211 g/mol. The van der Waals surface area contributed by atoms with Crippen molar-refractivity contribution in [1.29, 1.82) is 0 Å². The van der Waals surface area contributed by atoms with Crippen molar-refractivity contribution < 1.29 is 0 Å². The van der Waals surface area contributed by atoms with E-state index in [4.69, 9.17) is 0 Å². The summed E-state index contributed by atoms with van der Waals surface area (Å²) < 4.78 is 0. The molecular weight excluding hydrogens is 182 g/mol. The maximum absolute atomic E-state index is 3.71. The van der Waals surface area contributed by atoms with E-state index in [9.17, 15) is 0 Å². The van der Waals surface area contributed by atoms with E-state index >= 15 is 0 Å². The Kier molecular flexibility index (Phi) is 5.66. The highest BCUT2D eigenvalue weighted by atomic mass is 14.9. The molecule has 0 spiro atoms. The van der Waals surface area contributed by atoms with Crippen LogP contribution in [-0.2, 0) is 0 Å². The SMILES string of the molecule is CCCCCCCNC1CCC(C)(C)C1. The fraction of sp³-hybridized carbons (Fsp3) is 1.00. The molecule has 0 aromatic heterocycles. The van der Waals surface area contributed by atoms with Gasteiger partial charge in [0.1, 0.15) is 0 Å². The summed E-state index contributed by atoms with van der Waals surface area (Å²) in [5.41, 5.74) is 0.597. The highest BCUT2D eigenvalue weighted by molar-refractivity contribution is 4.86. The lowest BCUT2D eigenvalue weighted by Crippen LogP contribution is -2.28. The lowest BCUT2D eigenvalue weighted by Gasteiger charge is -2.17. The van der Waals surface area contributed by atoms with Gasteiger partial charge in [0.05, 0.1) is 0 Å². The molecule has 1 aliphatic carbocycles. The second-order valence-corrected chi connectivity index (χ2v) is 5.97. The van der Waals surface area contributed by atoms with Gasteiger partial charge in [0.25, 0.3) is 0 Å². The Hall–Kier alpha value is -0.0400. The summed E-state index contributed by atoms with van der Waals surface area (Å²) >= 11 is 0. The third kappa shape index (κ3) is 5.55. The molecule has 0 radical (unpaired) electrons. The van der Waals surface area contributed by atoms with E-state index in [1.165, 1.54) is 57.9 Å². The van der Waals surface area contributed by atoms with Crippen LogP contribution in [0, 0.1) is 5.41 Å². The van der Waals surface area contributed by atoms with Gasteiger partial charge in [0.2, 0.25) is 0 Å². The van der Waals surface area contributed by atoms with Crippen LogP contribution in [0.25, 0.3) is 0 Å². The minimum atomic E-state index is 0.597. The van der Waals surface area contributed by atoms with Gasteiger partial charge in [-0.3, -0.25) is 0 Å². The summed E-state index contributed by atoms with van der Waals surface area (Å²) in [4.78, 5) is 0. The first-order chi connectivity index (χ1) is 7.14. The van der Waals surface area contributed by atoms with Gasteiger partial charge < -0.3 is 5.32 Å². The summed E-state index contributed by atoms with van der Waals surface area (Å²) in [5, 5.41) is 3.71. The Morgan fingerprint density at radius 2 is 1.87 bits per heavy atom. The van der Waals surface area contributed by atoms with Crippen molar-refractivity contribution in [3.05, 3.63) is 0 Å². The van der Waals surface area contributed by atoms with E-state index in [0.717, 1.165) is 6.04 Å². The molecule has 0 saturated heterocycles. The van der Waals surface area contributed by atoms with E-state index in [1.54, 1.807) is 0 Å². The summed E-state index contributed by atoms with van der Waals surface area (Å²) in [6, 6.07) is 0.811. The molecule has 1 saturated carbocycles. The Morgan fingerprint density at radius 3 is 2.47 bits per heavy atom. The van der Waals surface area contributed by atoms with Crippen molar-refractivity contribution in [1.82, 2.24) is 5.32 Å². The van der Waals surface area contributed by atoms with Gasteiger partial charge in [-0.15, -0.1) is 0 Å². The fourth-order valence-electron chi connectivity index (χ4n) is 2.65. The summed E-state index contributed by atoms with van der Waals surface area (Å²) in [5.74, 6) is 0. The maximum atomic E-state index is 3.71. The second kappa shape index (κ2) is 6.52. The third-order valence-corrected chi connectivity index (χ3v) is 3.68. The van der Waals surface area contributed by atoms with Crippen molar-refractivity contribution in [2.24, 2.45) is 5.41 Å². The molecule has 0 aromatic carbocycles. The van der Waals surface area contributed by atoms with Crippen LogP contribution in [0.1, 0.15) is 72.1 Å². The largest absolute Gasteiger partial charge is 0.314 e. The molecule has 90 valence electrons. The van der Waals surface area contributed by atoms with E-state index in [2.05, 4.69) is 26.1 Å². The molecule has 1 heteroatoms. The average Bonchev–Trinajstić information content (AvgIpc) is 2.52. The predicted octanol–water partition coefficient (Wildman–Crippen LogP) is 4.13. The molecule has 0 heterocycles. The Balaban J connectivity index is 1.93. The normalized spacial score (nSPS) is 24.6. The minimum Gasteiger partial charge on any atom is -0.314 e. The molecule has 1 aliphatic rings. The topological polar surface area (TPSA) is 12.0 Å². The zero-order valence-electron chi connectivity index (χ0n) is 10.9. The van der Waals surface area contributed by atoms with Crippen LogP contribution in [0.15, 0.2) is 0 Å². The smallest absolute Gasteiger partial charge is 0.00723 e. The highest BCUT2D eigenvalue weighted by Gasteiger charge is 2.30. The lowest BCUT2D eigenvalue weighted by molar-refractivity contribution is 0.363. The van der Waals surface area contributed by atoms with Crippen molar-refractivity contribution in [3.63, 3.8) is 0 Å². The van der Waals surface area contributed by atoms with E-state index < -0.39 is 0 Å². The summed E-state index contributed by atoms with van der Waals surface area (Å²) in [6.45, 7) is 8.31. The maximum Gasteiger partial charge on any atom is 0.00723 e. The summed E-state index contributed by atoms with van der Waals surface area (Å²) in [6.07, 6.45) is 11.1. The van der Waals surface area contributed by atoms with Gasteiger partial charge in [-0.05, 0) is 37.6 Å². The Labute approximate surface area is 96.0 Å². The van der Waals surface area contributed by atoms with Gasteiger partial charge in [0, 0.05) is 6.04 Å². The first-order valence-corrected chi connectivity index (χ1v) is 6.87.